The maximum absolute atomic E-state index is 13.0. The fourth-order valence-corrected chi connectivity index (χ4v) is 4.11. The number of anilines is 2. The summed E-state index contributed by atoms with van der Waals surface area (Å²) < 4.78 is 78.2. The largest absolute Gasteiger partial charge is 0.416 e. The zero-order valence-electron chi connectivity index (χ0n) is 19.5. The number of nitrogens with zero attached hydrogens (tertiary/aromatic N) is 3. The van der Waals surface area contributed by atoms with Crippen LogP contribution in [0.5, 0.6) is 0 Å². The number of rotatable bonds is 6. The van der Waals surface area contributed by atoms with Crippen molar-refractivity contribution in [3.8, 4) is 0 Å². The molecule has 192 valence electrons. The fourth-order valence-electron chi connectivity index (χ4n) is 4.11. The Kier molecular flexibility index (Phi) is 7.80. The van der Waals surface area contributed by atoms with Gasteiger partial charge in [-0.15, -0.1) is 0 Å². The molecule has 1 aliphatic rings. The van der Waals surface area contributed by atoms with E-state index in [2.05, 4.69) is 20.6 Å². The monoisotopic (exact) mass is 503 g/mol. The molecule has 0 unspecified atom stereocenters. The number of halogens is 6. The van der Waals surface area contributed by atoms with Gasteiger partial charge in [-0.25, -0.2) is 4.98 Å². The summed E-state index contributed by atoms with van der Waals surface area (Å²) in [6.45, 7) is 1.91. The Morgan fingerprint density at radius 1 is 0.971 bits per heavy atom. The summed E-state index contributed by atoms with van der Waals surface area (Å²) in [5, 5.41) is 6.02. The summed E-state index contributed by atoms with van der Waals surface area (Å²) in [5.74, 6) is 0.676. The molecular formula is C23H27F6N5O. The van der Waals surface area contributed by atoms with Crippen LogP contribution < -0.4 is 15.5 Å². The van der Waals surface area contributed by atoms with Gasteiger partial charge in [-0.3, -0.25) is 4.79 Å². The second-order valence-electron chi connectivity index (χ2n) is 8.95. The number of hydrogen-bond acceptors (Lipinski definition) is 5. The molecule has 12 heteroatoms. The highest BCUT2D eigenvalue weighted by atomic mass is 19.4. The standard InChI is InChI=1S/C23H27F6N5O/c1-13-12-30-21(33-20(13)34(2)3)32-18-6-4-17(5-7-18)31-19(35)10-14-8-15(22(24,25)26)11-16(9-14)23(27,28)29/h8-9,11-12,17-18H,4-7,10H2,1-3H3,(H,31,35)(H,30,32,33). The predicted molar refractivity (Wildman–Crippen MR) is 119 cm³/mol. The van der Waals surface area contributed by atoms with Crippen molar-refractivity contribution in [3.63, 3.8) is 0 Å². The minimum atomic E-state index is -4.95. The van der Waals surface area contributed by atoms with Gasteiger partial charge in [0.25, 0.3) is 0 Å². The van der Waals surface area contributed by atoms with Crippen LogP contribution >= 0.6 is 0 Å². The molecule has 1 heterocycles. The lowest BCUT2D eigenvalue weighted by Crippen LogP contribution is -2.41. The summed E-state index contributed by atoms with van der Waals surface area (Å²) in [4.78, 5) is 23.1. The summed E-state index contributed by atoms with van der Waals surface area (Å²) in [7, 11) is 3.77. The molecule has 1 aromatic heterocycles. The SMILES string of the molecule is Cc1cnc(NC2CCC(NC(=O)Cc3cc(C(F)(F)F)cc(C(F)(F)F)c3)CC2)nc1N(C)C. The van der Waals surface area contributed by atoms with E-state index in [0.717, 1.165) is 11.4 Å². The zero-order chi connectivity index (χ0) is 26.0. The Morgan fingerprint density at radius 3 is 2.03 bits per heavy atom. The van der Waals surface area contributed by atoms with Crippen LogP contribution in [0, 0.1) is 6.92 Å². The molecule has 6 nitrogen and oxygen atoms in total. The number of aryl methyl sites for hydroxylation is 1. The average Bonchev–Trinajstić information content (AvgIpc) is 2.74. The molecule has 0 aliphatic heterocycles. The molecule has 0 spiro atoms. The highest BCUT2D eigenvalue weighted by Gasteiger charge is 2.37. The number of amides is 1. The topological polar surface area (TPSA) is 70.1 Å². The number of hydrogen-bond donors (Lipinski definition) is 2. The zero-order valence-corrected chi connectivity index (χ0v) is 19.5. The molecule has 0 atom stereocenters. The van der Waals surface area contributed by atoms with Gasteiger partial charge in [-0.2, -0.15) is 31.3 Å². The minimum absolute atomic E-state index is 0.0505. The Balaban J connectivity index is 1.57. The molecule has 2 aromatic rings. The molecule has 1 amide bonds. The normalized spacial score (nSPS) is 18.8. The first-order chi connectivity index (χ1) is 16.2. The summed E-state index contributed by atoms with van der Waals surface area (Å²) in [6.07, 6.45) is -6.15. The first-order valence-electron chi connectivity index (χ1n) is 11.1. The van der Waals surface area contributed by atoms with Crippen LogP contribution in [0.3, 0.4) is 0 Å². The van der Waals surface area contributed by atoms with Gasteiger partial charge in [0, 0.05) is 37.9 Å². The van der Waals surface area contributed by atoms with Crippen molar-refractivity contribution in [1.82, 2.24) is 15.3 Å². The van der Waals surface area contributed by atoms with Gasteiger partial charge < -0.3 is 15.5 Å². The van der Waals surface area contributed by atoms with E-state index in [9.17, 15) is 31.1 Å². The van der Waals surface area contributed by atoms with E-state index in [1.54, 1.807) is 6.20 Å². The highest BCUT2D eigenvalue weighted by Crippen LogP contribution is 2.36. The van der Waals surface area contributed by atoms with Gasteiger partial charge in [0.05, 0.1) is 17.5 Å². The maximum atomic E-state index is 13.0. The summed E-state index contributed by atoms with van der Waals surface area (Å²) >= 11 is 0. The van der Waals surface area contributed by atoms with E-state index in [-0.39, 0.29) is 23.7 Å². The van der Waals surface area contributed by atoms with Gasteiger partial charge in [-0.1, -0.05) is 0 Å². The Morgan fingerprint density at radius 2 is 1.51 bits per heavy atom. The maximum Gasteiger partial charge on any atom is 0.416 e. The van der Waals surface area contributed by atoms with Crippen molar-refractivity contribution >= 4 is 17.7 Å². The molecule has 35 heavy (non-hydrogen) atoms. The number of benzene rings is 1. The second-order valence-corrected chi connectivity index (χ2v) is 8.95. The van der Waals surface area contributed by atoms with Gasteiger partial charge in [-0.05, 0) is 56.4 Å². The van der Waals surface area contributed by atoms with Gasteiger partial charge >= 0.3 is 12.4 Å². The lowest BCUT2D eigenvalue weighted by Gasteiger charge is -2.30. The molecule has 0 saturated heterocycles. The Hall–Kier alpha value is -3.05. The van der Waals surface area contributed by atoms with E-state index >= 15 is 0 Å². The molecule has 1 aromatic carbocycles. The Bertz CT molecular complexity index is 1010. The van der Waals surface area contributed by atoms with Crippen LogP contribution in [0.15, 0.2) is 24.4 Å². The minimum Gasteiger partial charge on any atom is -0.362 e. The van der Waals surface area contributed by atoms with Gasteiger partial charge in [0.2, 0.25) is 11.9 Å². The van der Waals surface area contributed by atoms with E-state index in [0.29, 0.717) is 43.8 Å². The van der Waals surface area contributed by atoms with Crippen LogP contribution in [-0.2, 0) is 23.6 Å². The number of aromatic nitrogens is 2. The molecular weight excluding hydrogens is 476 g/mol. The number of carbonyl (C=O) groups excluding carboxylic acids is 1. The molecule has 1 fully saturated rings. The van der Waals surface area contributed by atoms with Crippen LogP contribution in [0.1, 0.15) is 47.9 Å². The lowest BCUT2D eigenvalue weighted by atomic mass is 9.91. The van der Waals surface area contributed by atoms with E-state index in [1.807, 2.05) is 25.9 Å². The molecule has 1 saturated carbocycles. The smallest absolute Gasteiger partial charge is 0.362 e. The van der Waals surface area contributed by atoms with Crippen LogP contribution in [0.2, 0.25) is 0 Å². The van der Waals surface area contributed by atoms with E-state index < -0.39 is 35.8 Å². The molecule has 3 rings (SSSR count). The van der Waals surface area contributed by atoms with Crippen LogP contribution in [0.25, 0.3) is 0 Å². The third-order valence-electron chi connectivity index (χ3n) is 5.81. The van der Waals surface area contributed by atoms with Crippen molar-refractivity contribution in [3.05, 3.63) is 46.6 Å². The molecule has 0 bridgehead atoms. The van der Waals surface area contributed by atoms with Crippen molar-refractivity contribution in [2.45, 2.75) is 63.5 Å². The first-order valence-corrected chi connectivity index (χ1v) is 11.1. The van der Waals surface area contributed by atoms with Crippen LogP contribution in [0.4, 0.5) is 38.1 Å². The number of alkyl halides is 6. The lowest BCUT2D eigenvalue weighted by molar-refractivity contribution is -0.143. The highest BCUT2D eigenvalue weighted by molar-refractivity contribution is 5.79. The second kappa shape index (κ2) is 10.3. The van der Waals surface area contributed by atoms with Crippen molar-refractivity contribution in [2.24, 2.45) is 0 Å². The molecule has 2 N–H and O–H groups in total. The van der Waals surface area contributed by atoms with Crippen molar-refractivity contribution in [2.75, 3.05) is 24.3 Å². The van der Waals surface area contributed by atoms with Crippen molar-refractivity contribution < 1.29 is 31.1 Å². The van der Waals surface area contributed by atoms with Gasteiger partial charge in [0.1, 0.15) is 5.82 Å². The molecule has 0 radical (unpaired) electrons. The quantitative estimate of drug-likeness (QED) is 0.545. The number of carbonyl (C=O) groups is 1. The third kappa shape index (κ3) is 7.22. The third-order valence-corrected chi connectivity index (χ3v) is 5.81. The van der Waals surface area contributed by atoms with E-state index in [1.165, 1.54) is 0 Å². The fraction of sp³-hybridized carbons (Fsp3) is 0.522. The molecule has 1 aliphatic carbocycles. The van der Waals surface area contributed by atoms with Crippen molar-refractivity contribution in [1.29, 1.82) is 0 Å². The van der Waals surface area contributed by atoms with Gasteiger partial charge in [0.15, 0.2) is 0 Å². The summed E-state index contributed by atoms with van der Waals surface area (Å²) in [5.41, 5.74) is -2.27. The first kappa shape index (κ1) is 26.6. The van der Waals surface area contributed by atoms with Crippen LogP contribution in [-0.4, -0.2) is 42.1 Å². The predicted octanol–water partition coefficient (Wildman–Crippen LogP) is 4.97. The number of nitrogens with one attached hydrogen (secondary N) is 2. The average molecular weight is 503 g/mol. The van der Waals surface area contributed by atoms with E-state index in [4.69, 9.17) is 0 Å². The summed E-state index contributed by atoms with van der Waals surface area (Å²) in [6, 6.07) is 1.08. The Labute approximate surface area is 199 Å².